The molecular formula is C14H21NO3. The van der Waals surface area contributed by atoms with Crippen molar-refractivity contribution in [2.75, 3.05) is 32.2 Å². The summed E-state index contributed by atoms with van der Waals surface area (Å²) in [5, 5.41) is 0. The largest absolute Gasteiger partial charge is 0.491 e. The number of anilines is 1. The van der Waals surface area contributed by atoms with Crippen LogP contribution in [0.2, 0.25) is 0 Å². The summed E-state index contributed by atoms with van der Waals surface area (Å²) in [4.78, 5) is 0. The lowest BCUT2D eigenvalue weighted by Crippen LogP contribution is -2.25. The normalized spacial score (nSPS) is 19.7. The summed E-state index contributed by atoms with van der Waals surface area (Å²) in [6, 6.07) is 7.41. The van der Waals surface area contributed by atoms with Crippen molar-refractivity contribution in [3.05, 3.63) is 24.3 Å². The van der Waals surface area contributed by atoms with Gasteiger partial charge in [-0.15, -0.1) is 0 Å². The molecule has 1 aliphatic rings. The van der Waals surface area contributed by atoms with E-state index in [1.807, 2.05) is 24.3 Å². The summed E-state index contributed by atoms with van der Waals surface area (Å²) in [6.45, 7) is 2.65. The Bertz CT molecular complexity index is 351. The molecule has 1 heterocycles. The number of nitrogens with two attached hydrogens (primary N) is 1. The first-order valence-electron chi connectivity index (χ1n) is 6.52. The highest BCUT2D eigenvalue weighted by Crippen LogP contribution is 2.14. The monoisotopic (exact) mass is 251 g/mol. The fraction of sp³-hybridized carbons (Fsp3) is 0.571. The van der Waals surface area contributed by atoms with Crippen LogP contribution < -0.4 is 10.5 Å². The van der Waals surface area contributed by atoms with E-state index in [1.54, 1.807) is 0 Å². The van der Waals surface area contributed by atoms with Gasteiger partial charge in [-0.2, -0.15) is 0 Å². The summed E-state index contributed by atoms with van der Waals surface area (Å²) < 4.78 is 16.7. The Hall–Kier alpha value is -1.26. The van der Waals surface area contributed by atoms with Gasteiger partial charge in [0.1, 0.15) is 12.4 Å². The summed E-state index contributed by atoms with van der Waals surface area (Å²) in [7, 11) is 0. The zero-order valence-corrected chi connectivity index (χ0v) is 10.6. The molecule has 0 saturated carbocycles. The third kappa shape index (κ3) is 4.55. The van der Waals surface area contributed by atoms with Crippen LogP contribution in [0, 0.1) is 0 Å². The molecule has 4 nitrogen and oxygen atoms in total. The van der Waals surface area contributed by atoms with Crippen LogP contribution in [0.15, 0.2) is 24.3 Å². The van der Waals surface area contributed by atoms with Crippen LogP contribution in [0.4, 0.5) is 5.69 Å². The van der Waals surface area contributed by atoms with E-state index < -0.39 is 0 Å². The minimum Gasteiger partial charge on any atom is -0.491 e. The van der Waals surface area contributed by atoms with Crippen LogP contribution in [0.25, 0.3) is 0 Å². The molecule has 1 aliphatic heterocycles. The molecule has 0 aromatic heterocycles. The van der Waals surface area contributed by atoms with E-state index in [0.717, 1.165) is 18.8 Å². The Morgan fingerprint density at radius 3 is 3.00 bits per heavy atom. The summed E-state index contributed by atoms with van der Waals surface area (Å²) in [5.41, 5.74) is 6.37. The number of ether oxygens (including phenoxy) is 3. The Morgan fingerprint density at radius 2 is 2.22 bits per heavy atom. The van der Waals surface area contributed by atoms with Gasteiger partial charge in [-0.3, -0.25) is 0 Å². The number of hydrogen-bond donors (Lipinski definition) is 1. The number of rotatable bonds is 6. The highest BCUT2D eigenvalue weighted by molar-refractivity contribution is 5.43. The van der Waals surface area contributed by atoms with Gasteiger partial charge < -0.3 is 19.9 Å². The van der Waals surface area contributed by atoms with Gasteiger partial charge >= 0.3 is 0 Å². The molecule has 0 amide bonds. The van der Waals surface area contributed by atoms with E-state index in [2.05, 4.69) is 0 Å². The Labute approximate surface area is 108 Å². The molecule has 1 unspecified atom stereocenters. The molecule has 1 aromatic rings. The standard InChI is InChI=1S/C14H21NO3/c15-12-4-3-6-13(10-12)18-9-8-16-11-14-5-1-2-7-17-14/h3-4,6,10,14H,1-2,5,7-9,11,15H2. The van der Waals surface area contributed by atoms with Crippen LogP contribution in [-0.2, 0) is 9.47 Å². The van der Waals surface area contributed by atoms with Crippen LogP contribution in [0.1, 0.15) is 19.3 Å². The van der Waals surface area contributed by atoms with Gasteiger partial charge in [-0.25, -0.2) is 0 Å². The van der Waals surface area contributed by atoms with Crippen molar-refractivity contribution < 1.29 is 14.2 Å². The Morgan fingerprint density at radius 1 is 1.28 bits per heavy atom. The molecule has 1 fully saturated rings. The van der Waals surface area contributed by atoms with E-state index in [1.165, 1.54) is 12.8 Å². The number of hydrogen-bond acceptors (Lipinski definition) is 4. The minimum atomic E-state index is 0.270. The molecular weight excluding hydrogens is 230 g/mol. The second-order valence-electron chi connectivity index (χ2n) is 4.48. The lowest BCUT2D eigenvalue weighted by atomic mass is 10.1. The van der Waals surface area contributed by atoms with E-state index in [9.17, 15) is 0 Å². The van der Waals surface area contributed by atoms with Crippen LogP contribution in [-0.4, -0.2) is 32.5 Å². The summed E-state index contributed by atoms with van der Waals surface area (Å²) in [5.74, 6) is 0.785. The molecule has 0 spiro atoms. The van der Waals surface area contributed by atoms with Crippen molar-refractivity contribution in [3.8, 4) is 5.75 Å². The van der Waals surface area contributed by atoms with Crippen LogP contribution in [0.5, 0.6) is 5.75 Å². The first-order valence-corrected chi connectivity index (χ1v) is 6.52. The van der Waals surface area contributed by atoms with Gasteiger partial charge in [0, 0.05) is 18.4 Å². The third-order valence-electron chi connectivity index (χ3n) is 2.93. The highest BCUT2D eigenvalue weighted by atomic mass is 16.5. The molecule has 18 heavy (non-hydrogen) atoms. The van der Waals surface area contributed by atoms with Crippen LogP contribution >= 0.6 is 0 Å². The van der Waals surface area contributed by atoms with Gasteiger partial charge in [0.15, 0.2) is 0 Å². The highest BCUT2D eigenvalue weighted by Gasteiger charge is 2.13. The molecule has 0 radical (unpaired) electrons. The molecule has 0 aliphatic carbocycles. The quantitative estimate of drug-likeness (QED) is 0.622. The molecule has 2 N–H and O–H groups in total. The van der Waals surface area contributed by atoms with Gasteiger partial charge in [-0.1, -0.05) is 6.07 Å². The first-order chi connectivity index (χ1) is 8.84. The second-order valence-corrected chi connectivity index (χ2v) is 4.48. The lowest BCUT2D eigenvalue weighted by Gasteiger charge is -2.22. The topological polar surface area (TPSA) is 53.7 Å². The maximum absolute atomic E-state index is 5.66. The average molecular weight is 251 g/mol. The van der Waals surface area contributed by atoms with E-state index in [0.29, 0.717) is 25.5 Å². The Balaban J connectivity index is 1.55. The van der Waals surface area contributed by atoms with Crippen molar-refractivity contribution in [2.45, 2.75) is 25.4 Å². The lowest BCUT2D eigenvalue weighted by molar-refractivity contribution is -0.0444. The summed E-state index contributed by atoms with van der Waals surface area (Å²) >= 11 is 0. The molecule has 1 atom stereocenters. The third-order valence-corrected chi connectivity index (χ3v) is 2.93. The van der Waals surface area contributed by atoms with Crippen molar-refractivity contribution >= 4 is 5.69 Å². The molecule has 1 saturated heterocycles. The minimum absolute atomic E-state index is 0.270. The maximum atomic E-state index is 5.66. The number of benzene rings is 1. The zero-order chi connectivity index (χ0) is 12.6. The fourth-order valence-corrected chi connectivity index (χ4v) is 1.98. The SMILES string of the molecule is Nc1cccc(OCCOCC2CCCCO2)c1. The predicted molar refractivity (Wildman–Crippen MR) is 70.8 cm³/mol. The molecule has 2 rings (SSSR count). The van der Waals surface area contributed by atoms with Crippen molar-refractivity contribution in [1.29, 1.82) is 0 Å². The molecule has 4 heteroatoms. The van der Waals surface area contributed by atoms with Crippen molar-refractivity contribution in [1.82, 2.24) is 0 Å². The van der Waals surface area contributed by atoms with Crippen molar-refractivity contribution in [3.63, 3.8) is 0 Å². The fourth-order valence-electron chi connectivity index (χ4n) is 1.98. The van der Waals surface area contributed by atoms with E-state index in [4.69, 9.17) is 19.9 Å². The predicted octanol–water partition coefficient (Wildman–Crippen LogP) is 2.23. The second kappa shape index (κ2) is 7.24. The number of nitrogen functional groups attached to an aromatic ring is 1. The average Bonchev–Trinajstić information content (AvgIpc) is 2.40. The first kappa shape index (κ1) is 13.2. The zero-order valence-electron chi connectivity index (χ0n) is 10.6. The van der Waals surface area contributed by atoms with E-state index >= 15 is 0 Å². The molecule has 1 aromatic carbocycles. The van der Waals surface area contributed by atoms with Gasteiger partial charge in [0.25, 0.3) is 0 Å². The van der Waals surface area contributed by atoms with Crippen molar-refractivity contribution in [2.24, 2.45) is 0 Å². The summed E-state index contributed by atoms with van der Waals surface area (Å²) in [6.07, 6.45) is 3.80. The van der Waals surface area contributed by atoms with E-state index in [-0.39, 0.29) is 6.10 Å². The smallest absolute Gasteiger partial charge is 0.121 e. The maximum Gasteiger partial charge on any atom is 0.121 e. The van der Waals surface area contributed by atoms with Gasteiger partial charge in [-0.05, 0) is 31.4 Å². The molecule has 0 bridgehead atoms. The Kier molecular flexibility index (Phi) is 5.30. The van der Waals surface area contributed by atoms with Gasteiger partial charge in [0.05, 0.1) is 19.3 Å². The molecule has 100 valence electrons. The van der Waals surface area contributed by atoms with Gasteiger partial charge in [0.2, 0.25) is 0 Å². The van der Waals surface area contributed by atoms with Crippen LogP contribution in [0.3, 0.4) is 0 Å².